The Morgan fingerprint density at radius 1 is 1.35 bits per heavy atom. The molecule has 2 aromatic rings. The first-order chi connectivity index (χ1) is 7.97. The highest BCUT2D eigenvalue weighted by atomic mass is 16.3. The molecule has 4 heteroatoms. The molecule has 0 amide bonds. The van der Waals surface area contributed by atoms with Crippen molar-refractivity contribution in [3.8, 4) is 0 Å². The maximum Gasteiger partial charge on any atom is 0.0902 e. The Bertz CT molecular complexity index is 499. The topological polar surface area (TPSA) is 50.4 Å². The van der Waals surface area contributed by atoms with Gasteiger partial charge in [-0.1, -0.05) is 20.8 Å². The largest absolute Gasteiger partial charge is 0.388 e. The molecule has 1 N–H and O–H groups in total. The molecule has 0 bridgehead atoms. The van der Waals surface area contributed by atoms with Crippen molar-refractivity contribution in [1.29, 1.82) is 0 Å². The van der Waals surface area contributed by atoms with Crippen molar-refractivity contribution < 1.29 is 5.11 Å². The number of nitrogens with zero attached hydrogens (tertiary/aromatic N) is 3. The van der Waals surface area contributed by atoms with Gasteiger partial charge in [-0.2, -0.15) is 5.10 Å². The van der Waals surface area contributed by atoms with Gasteiger partial charge in [0.1, 0.15) is 0 Å². The van der Waals surface area contributed by atoms with Crippen LogP contribution in [0.3, 0.4) is 0 Å². The van der Waals surface area contributed by atoms with Crippen molar-refractivity contribution in [2.75, 3.05) is 0 Å². The highest BCUT2D eigenvalue weighted by Crippen LogP contribution is 2.28. The standard InChI is InChI=1S/C13H19N3O/c1-13(2,3)5-4-12(17)10-8-15-16-7-6-14-9-11(10)16/h6-9,12,17H,4-5H2,1-3H3. The predicted molar refractivity (Wildman–Crippen MR) is 66.6 cm³/mol. The van der Waals surface area contributed by atoms with E-state index in [0.717, 1.165) is 23.9 Å². The minimum atomic E-state index is -0.462. The van der Waals surface area contributed by atoms with Crippen LogP contribution in [0.1, 0.15) is 45.3 Å². The Balaban J connectivity index is 2.16. The molecule has 2 rings (SSSR count). The lowest BCUT2D eigenvalue weighted by Gasteiger charge is -2.19. The van der Waals surface area contributed by atoms with Crippen LogP contribution in [0.2, 0.25) is 0 Å². The van der Waals surface area contributed by atoms with Gasteiger partial charge in [0, 0.05) is 18.0 Å². The average molecular weight is 233 g/mol. The molecule has 1 unspecified atom stereocenters. The summed E-state index contributed by atoms with van der Waals surface area (Å²) < 4.78 is 1.74. The highest BCUT2D eigenvalue weighted by Gasteiger charge is 2.17. The van der Waals surface area contributed by atoms with Gasteiger partial charge < -0.3 is 5.11 Å². The van der Waals surface area contributed by atoms with Crippen LogP contribution in [0, 0.1) is 5.41 Å². The zero-order chi connectivity index (χ0) is 12.5. The van der Waals surface area contributed by atoms with Gasteiger partial charge in [-0.05, 0) is 18.3 Å². The Morgan fingerprint density at radius 2 is 2.12 bits per heavy atom. The van der Waals surface area contributed by atoms with E-state index in [4.69, 9.17) is 0 Å². The van der Waals surface area contributed by atoms with Crippen LogP contribution in [0.15, 0.2) is 24.8 Å². The van der Waals surface area contributed by atoms with Crippen LogP contribution in [0.25, 0.3) is 5.52 Å². The van der Waals surface area contributed by atoms with E-state index in [1.807, 2.05) is 0 Å². The van der Waals surface area contributed by atoms with Gasteiger partial charge in [0.2, 0.25) is 0 Å². The van der Waals surface area contributed by atoms with Gasteiger partial charge in [0.15, 0.2) is 0 Å². The van der Waals surface area contributed by atoms with Gasteiger partial charge in [-0.25, -0.2) is 4.52 Å². The van der Waals surface area contributed by atoms with Gasteiger partial charge in [-0.3, -0.25) is 4.98 Å². The summed E-state index contributed by atoms with van der Waals surface area (Å²) in [6.45, 7) is 6.53. The molecule has 0 aliphatic heterocycles. The van der Waals surface area contributed by atoms with E-state index in [9.17, 15) is 5.11 Å². The molecular weight excluding hydrogens is 214 g/mol. The summed E-state index contributed by atoms with van der Waals surface area (Å²) in [7, 11) is 0. The van der Waals surface area contributed by atoms with Crippen LogP contribution in [0.4, 0.5) is 0 Å². The molecule has 0 fully saturated rings. The van der Waals surface area contributed by atoms with Crippen LogP contribution < -0.4 is 0 Å². The van der Waals surface area contributed by atoms with E-state index >= 15 is 0 Å². The number of fused-ring (bicyclic) bond motifs is 1. The SMILES string of the molecule is CC(C)(C)CCC(O)c1cnn2ccncc12. The van der Waals surface area contributed by atoms with Gasteiger partial charge in [0.05, 0.1) is 24.0 Å². The molecule has 17 heavy (non-hydrogen) atoms. The lowest BCUT2D eigenvalue weighted by Crippen LogP contribution is -2.08. The van der Waals surface area contributed by atoms with Crippen molar-refractivity contribution in [2.45, 2.75) is 39.7 Å². The van der Waals surface area contributed by atoms with Crippen LogP contribution in [-0.4, -0.2) is 19.7 Å². The molecule has 0 aliphatic carbocycles. The third-order valence-corrected chi connectivity index (χ3v) is 2.88. The minimum absolute atomic E-state index is 0.238. The first-order valence-corrected chi connectivity index (χ1v) is 5.93. The molecule has 0 saturated heterocycles. The molecular formula is C13H19N3O. The second kappa shape index (κ2) is 4.45. The van der Waals surface area contributed by atoms with Gasteiger partial charge in [-0.15, -0.1) is 0 Å². The summed E-state index contributed by atoms with van der Waals surface area (Å²) in [5, 5.41) is 14.4. The Labute approximate surface area is 101 Å². The summed E-state index contributed by atoms with van der Waals surface area (Å²) in [6, 6.07) is 0. The maximum atomic E-state index is 10.2. The van der Waals surface area contributed by atoms with Gasteiger partial charge in [0.25, 0.3) is 0 Å². The second-order valence-electron chi connectivity index (χ2n) is 5.62. The fourth-order valence-electron chi connectivity index (χ4n) is 1.83. The Morgan fingerprint density at radius 3 is 2.82 bits per heavy atom. The predicted octanol–water partition coefficient (Wildman–Crippen LogP) is 2.59. The third kappa shape index (κ3) is 2.82. The monoisotopic (exact) mass is 233 g/mol. The van der Waals surface area contributed by atoms with E-state index in [1.165, 1.54) is 0 Å². The van der Waals surface area contributed by atoms with E-state index in [2.05, 4.69) is 30.9 Å². The Kier molecular flexibility index (Phi) is 3.15. The maximum absolute atomic E-state index is 10.2. The quantitative estimate of drug-likeness (QED) is 0.886. The zero-order valence-electron chi connectivity index (χ0n) is 10.6. The van der Waals surface area contributed by atoms with E-state index in [1.54, 1.807) is 29.3 Å². The average Bonchev–Trinajstić information content (AvgIpc) is 2.68. The van der Waals surface area contributed by atoms with Gasteiger partial charge >= 0.3 is 0 Å². The molecule has 2 aromatic heterocycles. The third-order valence-electron chi connectivity index (χ3n) is 2.88. The van der Waals surface area contributed by atoms with Crippen molar-refractivity contribution in [2.24, 2.45) is 5.41 Å². The van der Waals surface area contributed by atoms with E-state index in [0.29, 0.717) is 0 Å². The second-order valence-corrected chi connectivity index (χ2v) is 5.62. The fraction of sp³-hybridized carbons (Fsp3) is 0.538. The summed E-state index contributed by atoms with van der Waals surface area (Å²) >= 11 is 0. The normalized spacial score (nSPS) is 14.1. The molecule has 0 saturated carbocycles. The van der Waals surface area contributed by atoms with Crippen molar-refractivity contribution in [3.05, 3.63) is 30.4 Å². The molecule has 2 heterocycles. The molecule has 0 spiro atoms. The number of aliphatic hydroxyl groups excluding tert-OH is 1. The Hall–Kier alpha value is -1.42. The summed E-state index contributed by atoms with van der Waals surface area (Å²) in [5.74, 6) is 0. The van der Waals surface area contributed by atoms with Crippen LogP contribution in [0.5, 0.6) is 0 Å². The summed E-state index contributed by atoms with van der Waals surface area (Å²) in [6.07, 6.45) is 8.20. The lowest BCUT2D eigenvalue weighted by molar-refractivity contribution is 0.149. The van der Waals surface area contributed by atoms with Crippen molar-refractivity contribution in [1.82, 2.24) is 14.6 Å². The zero-order valence-corrected chi connectivity index (χ0v) is 10.6. The molecule has 92 valence electrons. The highest BCUT2D eigenvalue weighted by molar-refractivity contribution is 5.52. The van der Waals surface area contributed by atoms with Crippen molar-refractivity contribution in [3.63, 3.8) is 0 Å². The number of aromatic nitrogens is 3. The first-order valence-electron chi connectivity index (χ1n) is 5.93. The summed E-state index contributed by atoms with van der Waals surface area (Å²) in [5.41, 5.74) is 1.98. The number of hydrogen-bond acceptors (Lipinski definition) is 3. The molecule has 0 aromatic carbocycles. The van der Waals surface area contributed by atoms with Crippen LogP contribution in [-0.2, 0) is 0 Å². The number of hydrogen-bond donors (Lipinski definition) is 1. The molecule has 0 radical (unpaired) electrons. The van der Waals surface area contributed by atoms with Crippen LogP contribution >= 0.6 is 0 Å². The lowest BCUT2D eigenvalue weighted by atomic mass is 9.88. The summed E-state index contributed by atoms with van der Waals surface area (Å²) in [4.78, 5) is 4.07. The van der Waals surface area contributed by atoms with Crippen molar-refractivity contribution >= 4 is 5.52 Å². The smallest absolute Gasteiger partial charge is 0.0902 e. The van der Waals surface area contributed by atoms with E-state index < -0.39 is 6.10 Å². The number of rotatable bonds is 3. The first kappa shape index (κ1) is 12.0. The minimum Gasteiger partial charge on any atom is -0.388 e. The molecule has 0 aliphatic rings. The molecule has 4 nitrogen and oxygen atoms in total. The fourth-order valence-corrected chi connectivity index (χ4v) is 1.83. The number of aliphatic hydroxyl groups is 1. The molecule has 1 atom stereocenters. The van der Waals surface area contributed by atoms with E-state index in [-0.39, 0.29) is 5.41 Å².